The molecule has 98 valence electrons. The van der Waals surface area contributed by atoms with Gasteiger partial charge in [-0.05, 0) is 30.0 Å². The highest BCUT2D eigenvalue weighted by atomic mass is 79.9. The number of halogens is 2. The molecular formula is C14H18BrClN2. The van der Waals surface area contributed by atoms with Crippen molar-refractivity contribution in [2.24, 2.45) is 11.8 Å². The third-order valence-corrected chi connectivity index (χ3v) is 4.25. The predicted molar refractivity (Wildman–Crippen MR) is 81.0 cm³/mol. The van der Waals surface area contributed by atoms with Gasteiger partial charge in [0.25, 0.3) is 0 Å². The van der Waals surface area contributed by atoms with Gasteiger partial charge in [0.2, 0.25) is 0 Å². The number of fused-ring (bicyclic) bond motifs is 1. The van der Waals surface area contributed by atoms with Crippen molar-refractivity contribution in [1.82, 2.24) is 9.55 Å². The van der Waals surface area contributed by atoms with Gasteiger partial charge < -0.3 is 4.57 Å². The molecule has 0 saturated heterocycles. The average molecular weight is 330 g/mol. The van der Waals surface area contributed by atoms with E-state index in [1.54, 1.807) is 0 Å². The van der Waals surface area contributed by atoms with E-state index in [0.717, 1.165) is 22.4 Å². The van der Waals surface area contributed by atoms with Crippen LogP contribution in [0.2, 0.25) is 0 Å². The van der Waals surface area contributed by atoms with Gasteiger partial charge in [0, 0.05) is 11.0 Å². The van der Waals surface area contributed by atoms with E-state index in [0.29, 0.717) is 17.7 Å². The maximum Gasteiger partial charge on any atom is 0.124 e. The van der Waals surface area contributed by atoms with Crippen LogP contribution in [0.1, 0.15) is 26.6 Å². The van der Waals surface area contributed by atoms with Crippen molar-refractivity contribution in [1.29, 1.82) is 0 Å². The third-order valence-electron chi connectivity index (χ3n) is 3.52. The van der Waals surface area contributed by atoms with Gasteiger partial charge in [0.05, 0.1) is 16.9 Å². The Bertz CT molecular complexity index is 548. The minimum atomic E-state index is 0.455. The molecule has 1 atom stereocenters. The molecule has 18 heavy (non-hydrogen) atoms. The number of hydrogen-bond acceptors (Lipinski definition) is 1. The van der Waals surface area contributed by atoms with Gasteiger partial charge in [-0.1, -0.05) is 36.7 Å². The minimum absolute atomic E-state index is 0.455. The molecule has 0 bridgehead atoms. The summed E-state index contributed by atoms with van der Waals surface area (Å²) in [5.74, 6) is 2.67. The lowest BCUT2D eigenvalue weighted by atomic mass is 9.98. The summed E-state index contributed by atoms with van der Waals surface area (Å²) in [5.41, 5.74) is 2.18. The molecule has 0 spiro atoms. The summed E-state index contributed by atoms with van der Waals surface area (Å²) in [6.45, 7) is 7.74. The fourth-order valence-corrected chi connectivity index (χ4v) is 2.51. The van der Waals surface area contributed by atoms with Crippen LogP contribution < -0.4 is 0 Å². The van der Waals surface area contributed by atoms with Crippen LogP contribution in [0.25, 0.3) is 11.0 Å². The molecule has 0 aliphatic carbocycles. The zero-order valence-corrected chi connectivity index (χ0v) is 13.3. The molecule has 0 aliphatic heterocycles. The lowest BCUT2D eigenvalue weighted by molar-refractivity contribution is 0.365. The van der Waals surface area contributed by atoms with Crippen molar-refractivity contribution in [3.8, 4) is 0 Å². The van der Waals surface area contributed by atoms with Gasteiger partial charge >= 0.3 is 0 Å². The molecule has 2 aromatic rings. The number of aromatic nitrogens is 2. The molecule has 0 saturated carbocycles. The van der Waals surface area contributed by atoms with Gasteiger partial charge in [-0.2, -0.15) is 0 Å². The number of benzene rings is 1. The van der Waals surface area contributed by atoms with Crippen molar-refractivity contribution in [3.63, 3.8) is 0 Å². The first-order valence-electron chi connectivity index (χ1n) is 6.23. The predicted octanol–water partition coefficient (Wildman–Crippen LogP) is 4.83. The summed E-state index contributed by atoms with van der Waals surface area (Å²) < 4.78 is 3.30. The maximum absolute atomic E-state index is 6.01. The molecule has 4 heteroatoms. The zero-order valence-electron chi connectivity index (χ0n) is 11.0. The van der Waals surface area contributed by atoms with E-state index in [1.807, 2.05) is 6.07 Å². The van der Waals surface area contributed by atoms with E-state index in [1.165, 1.54) is 5.52 Å². The van der Waals surface area contributed by atoms with Crippen LogP contribution in [0, 0.1) is 11.8 Å². The lowest BCUT2D eigenvalue weighted by Gasteiger charge is -2.18. The standard InChI is InChI=1S/C14H18BrClN2/c1-9(2)10(3)8-18-13-5-4-11(15)6-12(13)17-14(18)7-16/h4-6,9-10H,7-8H2,1-3H3. The molecule has 0 aliphatic rings. The molecule has 0 N–H and O–H groups in total. The van der Waals surface area contributed by atoms with E-state index in [2.05, 4.69) is 58.4 Å². The molecule has 2 nitrogen and oxygen atoms in total. The molecule has 1 aromatic carbocycles. The molecule has 1 heterocycles. The van der Waals surface area contributed by atoms with Crippen molar-refractivity contribution in [2.75, 3.05) is 0 Å². The normalized spacial score (nSPS) is 13.4. The van der Waals surface area contributed by atoms with Crippen LogP contribution in [0.3, 0.4) is 0 Å². The quantitative estimate of drug-likeness (QED) is 0.735. The SMILES string of the molecule is CC(C)C(C)Cn1c(CCl)nc2cc(Br)ccc21. The molecule has 0 radical (unpaired) electrons. The van der Waals surface area contributed by atoms with Crippen LogP contribution >= 0.6 is 27.5 Å². The fraction of sp³-hybridized carbons (Fsp3) is 0.500. The highest BCUT2D eigenvalue weighted by Crippen LogP contribution is 2.24. The average Bonchev–Trinajstić information content (AvgIpc) is 2.66. The van der Waals surface area contributed by atoms with Crippen LogP contribution in [0.5, 0.6) is 0 Å². The summed E-state index contributed by atoms with van der Waals surface area (Å²) in [5, 5.41) is 0. The number of hydrogen-bond donors (Lipinski definition) is 0. The second-order valence-corrected chi connectivity index (χ2v) is 6.31. The largest absolute Gasteiger partial charge is 0.327 e. The van der Waals surface area contributed by atoms with E-state index < -0.39 is 0 Å². The molecule has 1 aromatic heterocycles. The zero-order chi connectivity index (χ0) is 13.3. The molecule has 0 amide bonds. The molecule has 1 unspecified atom stereocenters. The Morgan fingerprint density at radius 1 is 1.33 bits per heavy atom. The second-order valence-electron chi connectivity index (χ2n) is 5.13. The number of rotatable bonds is 4. The van der Waals surface area contributed by atoms with Crippen molar-refractivity contribution in [3.05, 3.63) is 28.5 Å². The summed E-state index contributed by atoms with van der Waals surface area (Å²) in [6, 6.07) is 6.20. The Morgan fingerprint density at radius 2 is 2.06 bits per heavy atom. The maximum atomic E-state index is 6.01. The van der Waals surface area contributed by atoms with Crippen LogP contribution in [-0.2, 0) is 12.4 Å². The van der Waals surface area contributed by atoms with E-state index >= 15 is 0 Å². The third kappa shape index (κ3) is 2.72. The smallest absolute Gasteiger partial charge is 0.124 e. The first-order valence-corrected chi connectivity index (χ1v) is 7.56. The van der Waals surface area contributed by atoms with Gasteiger partial charge in [0.1, 0.15) is 5.82 Å². The number of alkyl halides is 1. The van der Waals surface area contributed by atoms with E-state index in [4.69, 9.17) is 11.6 Å². The summed E-state index contributed by atoms with van der Waals surface area (Å²) in [4.78, 5) is 4.61. The Labute approximate surface area is 121 Å². The van der Waals surface area contributed by atoms with Gasteiger partial charge in [-0.15, -0.1) is 11.6 Å². The summed E-state index contributed by atoms with van der Waals surface area (Å²) in [6.07, 6.45) is 0. The highest BCUT2D eigenvalue weighted by molar-refractivity contribution is 9.10. The summed E-state index contributed by atoms with van der Waals surface area (Å²) in [7, 11) is 0. The van der Waals surface area contributed by atoms with Crippen LogP contribution in [0.15, 0.2) is 22.7 Å². The summed E-state index contributed by atoms with van der Waals surface area (Å²) >= 11 is 9.49. The topological polar surface area (TPSA) is 17.8 Å². The first-order chi connectivity index (χ1) is 8.52. The number of imidazole rings is 1. The van der Waals surface area contributed by atoms with Crippen molar-refractivity contribution >= 4 is 38.6 Å². The van der Waals surface area contributed by atoms with Crippen molar-refractivity contribution in [2.45, 2.75) is 33.2 Å². The van der Waals surface area contributed by atoms with E-state index in [-0.39, 0.29) is 0 Å². The van der Waals surface area contributed by atoms with Gasteiger partial charge in [-0.25, -0.2) is 4.98 Å². The first kappa shape index (κ1) is 13.9. The molecule has 2 rings (SSSR count). The van der Waals surface area contributed by atoms with E-state index in [9.17, 15) is 0 Å². The second kappa shape index (κ2) is 5.62. The van der Waals surface area contributed by atoms with Crippen molar-refractivity contribution < 1.29 is 0 Å². The highest BCUT2D eigenvalue weighted by Gasteiger charge is 2.14. The van der Waals surface area contributed by atoms with Gasteiger partial charge in [-0.3, -0.25) is 0 Å². The Morgan fingerprint density at radius 3 is 2.67 bits per heavy atom. The lowest BCUT2D eigenvalue weighted by Crippen LogP contribution is -2.14. The fourth-order valence-electron chi connectivity index (χ4n) is 1.96. The minimum Gasteiger partial charge on any atom is -0.327 e. The Hall–Kier alpha value is -0.540. The van der Waals surface area contributed by atoms with Gasteiger partial charge in [0.15, 0.2) is 0 Å². The molecule has 0 fully saturated rings. The molecular weight excluding hydrogens is 312 g/mol. The van der Waals surface area contributed by atoms with Crippen LogP contribution in [-0.4, -0.2) is 9.55 Å². The monoisotopic (exact) mass is 328 g/mol. The van der Waals surface area contributed by atoms with Crippen LogP contribution in [0.4, 0.5) is 0 Å². The Balaban J connectivity index is 2.47. The number of nitrogens with zero attached hydrogens (tertiary/aromatic N) is 2. The Kier molecular flexibility index (Phi) is 4.33.